The summed E-state index contributed by atoms with van der Waals surface area (Å²) < 4.78 is 10.8. The monoisotopic (exact) mass is 474 g/mol. The topological polar surface area (TPSA) is 58.1 Å². The molecule has 1 aromatic rings. The van der Waals surface area contributed by atoms with Gasteiger partial charge in [-0.1, -0.05) is 13.0 Å². The molecule has 0 unspecified atom stereocenters. The zero-order valence-corrected chi connectivity index (χ0v) is 18.1. The molecule has 0 radical (unpaired) electrons. The highest BCUT2D eigenvalue weighted by atomic mass is 127. The lowest BCUT2D eigenvalue weighted by Gasteiger charge is -2.31. The third kappa shape index (κ3) is 5.90. The van der Waals surface area contributed by atoms with Crippen molar-refractivity contribution in [1.82, 2.24) is 15.5 Å². The van der Waals surface area contributed by atoms with Crippen LogP contribution in [0.5, 0.6) is 11.5 Å². The lowest BCUT2D eigenvalue weighted by atomic mass is 9.93. The quantitative estimate of drug-likeness (QED) is 0.378. The minimum absolute atomic E-state index is 0. The highest BCUT2D eigenvalue weighted by molar-refractivity contribution is 14.0. The smallest absolute Gasteiger partial charge is 0.231 e. The predicted octanol–water partition coefficient (Wildman–Crippen LogP) is 2.82. The molecule has 2 heterocycles. The van der Waals surface area contributed by atoms with Gasteiger partial charge in [0.15, 0.2) is 17.5 Å². The van der Waals surface area contributed by atoms with E-state index in [1.165, 1.54) is 38.9 Å². The third-order valence-electron chi connectivity index (χ3n) is 5.12. The van der Waals surface area contributed by atoms with Crippen molar-refractivity contribution in [3.8, 4) is 11.5 Å². The largest absolute Gasteiger partial charge is 0.454 e. The number of nitrogens with one attached hydrogen (secondary N) is 2. The van der Waals surface area contributed by atoms with E-state index in [9.17, 15) is 0 Å². The number of piperidine rings is 1. The van der Waals surface area contributed by atoms with Gasteiger partial charge in [0.2, 0.25) is 6.79 Å². The molecule has 0 amide bonds. The summed E-state index contributed by atoms with van der Waals surface area (Å²) in [5, 5.41) is 6.80. The van der Waals surface area contributed by atoms with E-state index in [4.69, 9.17) is 9.47 Å². The van der Waals surface area contributed by atoms with Crippen molar-refractivity contribution in [3.05, 3.63) is 23.8 Å². The van der Waals surface area contributed by atoms with Crippen molar-refractivity contribution in [3.63, 3.8) is 0 Å². The van der Waals surface area contributed by atoms with Gasteiger partial charge in [-0.15, -0.1) is 24.0 Å². The molecule has 146 valence electrons. The van der Waals surface area contributed by atoms with Crippen molar-refractivity contribution in [2.45, 2.75) is 32.7 Å². The third-order valence-corrected chi connectivity index (χ3v) is 5.12. The fourth-order valence-corrected chi connectivity index (χ4v) is 3.44. The number of guanidine groups is 1. The van der Waals surface area contributed by atoms with E-state index in [0.717, 1.165) is 35.5 Å². The Morgan fingerprint density at radius 1 is 1.19 bits per heavy atom. The Hall–Kier alpha value is -1.22. The van der Waals surface area contributed by atoms with Crippen molar-refractivity contribution < 1.29 is 9.47 Å². The molecular weight excluding hydrogens is 443 g/mol. The number of likely N-dealkylation sites (tertiary alicyclic amines) is 1. The number of fused-ring (bicyclic) bond motifs is 1. The second kappa shape index (κ2) is 10.8. The van der Waals surface area contributed by atoms with E-state index in [2.05, 4.69) is 33.5 Å². The minimum atomic E-state index is 0. The first-order chi connectivity index (χ1) is 12.3. The predicted molar refractivity (Wildman–Crippen MR) is 116 cm³/mol. The summed E-state index contributed by atoms with van der Waals surface area (Å²) in [4.78, 5) is 6.85. The number of rotatable bonds is 6. The van der Waals surface area contributed by atoms with Crippen molar-refractivity contribution in [2.24, 2.45) is 10.9 Å². The molecule has 1 saturated heterocycles. The van der Waals surface area contributed by atoms with E-state index in [1.54, 1.807) is 0 Å². The van der Waals surface area contributed by atoms with Gasteiger partial charge < -0.3 is 25.0 Å². The summed E-state index contributed by atoms with van der Waals surface area (Å²) in [6.45, 7) is 7.92. The minimum Gasteiger partial charge on any atom is -0.454 e. The highest BCUT2D eigenvalue weighted by Crippen LogP contribution is 2.32. The van der Waals surface area contributed by atoms with E-state index in [-0.39, 0.29) is 24.0 Å². The van der Waals surface area contributed by atoms with E-state index in [0.29, 0.717) is 13.3 Å². The van der Waals surface area contributed by atoms with Crippen LogP contribution < -0.4 is 20.1 Å². The SMILES string of the molecule is CCN1CCC(CCNC(=NC)NCc2ccc3c(c2)OCO3)CC1.I. The van der Waals surface area contributed by atoms with Crippen LogP contribution in [0.1, 0.15) is 31.7 Å². The van der Waals surface area contributed by atoms with Gasteiger partial charge in [-0.25, -0.2) is 0 Å². The zero-order chi connectivity index (χ0) is 17.5. The summed E-state index contributed by atoms with van der Waals surface area (Å²) in [6.07, 6.45) is 3.85. The fraction of sp³-hybridized carbons (Fsp3) is 0.632. The Morgan fingerprint density at radius 3 is 2.69 bits per heavy atom. The number of hydrogen-bond donors (Lipinski definition) is 2. The van der Waals surface area contributed by atoms with Gasteiger partial charge >= 0.3 is 0 Å². The van der Waals surface area contributed by atoms with E-state index >= 15 is 0 Å². The first kappa shape index (κ1) is 21.1. The number of ether oxygens (including phenoxy) is 2. The zero-order valence-electron chi connectivity index (χ0n) is 15.8. The molecule has 1 fully saturated rings. The summed E-state index contributed by atoms with van der Waals surface area (Å²) in [5.41, 5.74) is 1.15. The fourth-order valence-electron chi connectivity index (χ4n) is 3.44. The van der Waals surface area contributed by atoms with Crippen LogP contribution in [0.3, 0.4) is 0 Å². The molecule has 0 atom stereocenters. The van der Waals surface area contributed by atoms with Crippen LogP contribution in [0.15, 0.2) is 23.2 Å². The number of benzene rings is 1. The van der Waals surface area contributed by atoms with Gasteiger partial charge in [0, 0.05) is 20.1 Å². The van der Waals surface area contributed by atoms with Crippen molar-refractivity contribution in [2.75, 3.05) is 40.0 Å². The molecule has 0 spiro atoms. The summed E-state index contributed by atoms with van der Waals surface area (Å²) in [7, 11) is 1.81. The second-order valence-electron chi connectivity index (χ2n) is 6.71. The molecule has 0 saturated carbocycles. The van der Waals surface area contributed by atoms with Crippen LogP contribution in [0.4, 0.5) is 0 Å². The lowest BCUT2D eigenvalue weighted by Crippen LogP contribution is -2.39. The molecule has 2 aliphatic rings. The van der Waals surface area contributed by atoms with Crippen LogP contribution in [-0.2, 0) is 6.54 Å². The molecular formula is C19H31IN4O2. The maximum Gasteiger partial charge on any atom is 0.231 e. The van der Waals surface area contributed by atoms with Crippen molar-refractivity contribution >= 4 is 29.9 Å². The number of halogens is 1. The Kier molecular flexibility index (Phi) is 8.77. The Bertz CT molecular complexity index is 589. The standard InChI is InChI=1S/C19H30N4O2.HI/c1-3-23-10-7-15(8-11-23)6-9-21-19(20-2)22-13-16-4-5-17-18(12-16)25-14-24-17;/h4-5,12,15H,3,6-11,13-14H2,1-2H3,(H2,20,21,22);1H. The van der Waals surface area contributed by atoms with Gasteiger partial charge in [-0.2, -0.15) is 0 Å². The van der Waals surface area contributed by atoms with Crippen LogP contribution >= 0.6 is 24.0 Å². The van der Waals surface area contributed by atoms with Gasteiger partial charge in [0.05, 0.1) is 0 Å². The number of hydrogen-bond acceptors (Lipinski definition) is 4. The Balaban J connectivity index is 0.00000243. The normalized spacial score (nSPS) is 17.7. The van der Waals surface area contributed by atoms with Crippen LogP contribution in [-0.4, -0.2) is 50.9 Å². The van der Waals surface area contributed by atoms with Gasteiger partial charge in [0.25, 0.3) is 0 Å². The highest BCUT2D eigenvalue weighted by Gasteiger charge is 2.17. The van der Waals surface area contributed by atoms with Crippen LogP contribution in [0, 0.1) is 5.92 Å². The molecule has 2 N–H and O–H groups in total. The van der Waals surface area contributed by atoms with Gasteiger partial charge in [0.1, 0.15) is 0 Å². The first-order valence-corrected chi connectivity index (χ1v) is 9.34. The maximum atomic E-state index is 5.42. The molecule has 6 nitrogen and oxygen atoms in total. The Labute approximate surface area is 173 Å². The van der Waals surface area contributed by atoms with Crippen LogP contribution in [0.25, 0.3) is 0 Å². The lowest BCUT2D eigenvalue weighted by molar-refractivity contribution is 0.174. The second-order valence-corrected chi connectivity index (χ2v) is 6.71. The first-order valence-electron chi connectivity index (χ1n) is 9.34. The Morgan fingerprint density at radius 2 is 1.96 bits per heavy atom. The van der Waals surface area contributed by atoms with Crippen molar-refractivity contribution in [1.29, 1.82) is 0 Å². The molecule has 2 aliphatic heterocycles. The molecule has 0 aliphatic carbocycles. The molecule has 26 heavy (non-hydrogen) atoms. The van der Waals surface area contributed by atoms with E-state index in [1.807, 2.05) is 19.2 Å². The average Bonchev–Trinajstić information content (AvgIpc) is 3.12. The summed E-state index contributed by atoms with van der Waals surface area (Å²) in [6, 6.07) is 6.03. The van der Waals surface area contributed by atoms with Gasteiger partial charge in [-0.05, 0) is 62.5 Å². The molecule has 3 rings (SSSR count). The maximum absolute atomic E-state index is 5.42. The van der Waals surface area contributed by atoms with Gasteiger partial charge in [-0.3, -0.25) is 4.99 Å². The molecule has 0 bridgehead atoms. The average molecular weight is 474 g/mol. The molecule has 0 aromatic heterocycles. The molecule has 7 heteroatoms. The summed E-state index contributed by atoms with van der Waals surface area (Å²) >= 11 is 0. The van der Waals surface area contributed by atoms with Crippen LogP contribution in [0.2, 0.25) is 0 Å². The summed E-state index contributed by atoms with van der Waals surface area (Å²) in [5.74, 6) is 3.33. The van der Waals surface area contributed by atoms with E-state index < -0.39 is 0 Å². The number of nitrogens with zero attached hydrogens (tertiary/aromatic N) is 2. The molecule has 1 aromatic carbocycles. The number of aliphatic imine (C=N–C) groups is 1.